The third-order valence-corrected chi connectivity index (χ3v) is 4.04. The van der Waals surface area contributed by atoms with Gasteiger partial charge in [0.2, 0.25) is 0 Å². The molecule has 136 valence electrons. The van der Waals surface area contributed by atoms with Crippen LogP contribution >= 0.6 is 24.0 Å². The second-order valence-electron chi connectivity index (χ2n) is 5.66. The molecule has 3 rings (SSSR count). The van der Waals surface area contributed by atoms with Crippen LogP contribution in [0.5, 0.6) is 5.75 Å². The highest BCUT2D eigenvalue weighted by Gasteiger charge is 2.14. The molecule has 0 aliphatic carbocycles. The summed E-state index contributed by atoms with van der Waals surface area (Å²) in [6, 6.07) is 15.3. The van der Waals surface area contributed by atoms with E-state index in [-0.39, 0.29) is 18.1 Å². The summed E-state index contributed by atoms with van der Waals surface area (Å²) in [5.74, 6) is 0.283. The zero-order chi connectivity index (χ0) is 17.8. The molecule has 2 aromatic carbocycles. The van der Waals surface area contributed by atoms with E-state index in [1.807, 2.05) is 42.5 Å². The number of ether oxygens (including phenoxy) is 1. The number of aryl methyl sites for hydroxylation is 1. The van der Waals surface area contributed by atoms with Crippen molar-refractivity contribution >= 4 is 30.0 Å². The molecule has 1 heterocycles. The summed E-state index contributed by atoms with van der Waals surface area (Å²) in [6.07, 6.45) is 1.92. The van der Waals surface area contributed by atoms with Gasteiger partial charge in [0, 0.05) is 30.3 Å². The minimum atomic E-state index is -1.05. The van der Waals surface area contributed by atoms with Gasteiger partial charge in [-0.15, -0.1) is 12.4 Å². The van der Waals surface area contributed by atoms with E-state index in [4.69, 9.17) is 21.4 Å². The number of rotatable bonds is 6. The Bertz CT molecular complexity index is 895. The lowest BCUT2D eigenvalue weighted by atomic mass is 10.1. The van der Waals surface area contributed by atoms with Gasteiger partial charge >= 0.3 is 5.97 Å². The van der Waals surface area contributed by atoms with Crippen molar-refractivity contribution in [2.24, 2.45) is 7.05 Å². The summed E-state index contributed by atoms with van der Waals surface area (Å²) in [4.78, 5) is 15.2. The molecule has 5 nitrogen and oxygen atoms in total. The third kappa shape index (κ3) is 4.77. The Balaban J connectivity index is 0.00000243. The number of halogens is 2. The Hall–Kier alpha value is -2.50. The van der Waals surface area contributed by atoms with Crippen LogP contribution in [0.4, 0.5) is 0 Å². The number of hydrogen-bond donors (Lipinski definition) is 1. The first kappa shape index (κ1) is 19.8. The second-order valence-corrected chi connectivity index (χ2v) is 6.10. The number of imidazole rings is 1. The lowest BCUT2D eigenvalue weighted by Gasteiger charge is -2.12. The Morgan fingerprint density at radius 3 is 2.62 bits per heavy atom. The van der Waals surface area contributed by atoms with Gasteiger partial charge in [-0.2, -0.15) is 0 Å². The first-order chi connectivity index (χ1) is 12.0. The maximum absolute atomic E-state index is 11.1. The molecular weight excluding hydrogens is 375 g/mol. The van der Waals surface area contributed by atoms with E-state index in [9.17, 15) is 4.79 Å². The van der Waals surface area contributed by atoms with Crippen LogP contribution < -0.4 is 4.74 Å². The van der Waals surface area contributed by atoms with E-state index in [0.717, 1.165) is 11.1 Å². The van der Waals surface area contributed by atoms with Gasteiger partial charge in [-0.05, 0) is 23.8 Å². The van der Waals surface area contributed by atoms with Gasteiger partial charge in [0.05, 0.1) is 0 Å². The molecular formula is C19H18Cl2N2O3. The minimum Gasteiger partial charge on any atom is -0.489 e. The van der Waals surface area contributed by atoms with E-state index in [1.54, 1.807) is 17.7 Å². The van der Waals surface area contributed by atoms with Crippen LogP contribution in [0, 0.1) is 0 Å². The normalized spacial score (nSPS) is 10.2. The van der Waals surface area contributed by atoms with Crippen molar-refractivity contribution in [3.8, 4) is 5.75 Å². The Labute approximate surface area is 162 Å². The van der Waals surface area contributed by atoms with E-state index in [2.05, 4.69) is 4.98 Å². The zero-order valence-corrected chi connectivity index (χ0v) is 15.6. The largest absolute Gasteiger partial charge is 0.489 e. The van der Waals surface area contributed by atoms with Crippen molar-refractivity contribution in [1.82, 2.24) is 9.55 Å². The first-order valence-corrected chi connectivity index (χ1v) is 8.11. The summed E-state index contributed by atoms with van der Waals surface area (Å²) in [5, 5.41) is 9.67. The average Bonchev–Trinajstić information content (AvgIpc) is 2.96. The van der Waals surface area contributed by atoms with Crippen molar-refractivity contribution in [3.63, 3.8) is 0 Å². The second kappa shape index (κ2) is 8.74. The summed E-state index contributed by atoms with van der Waals surface area (Å²) in [6.45, 7) is 0.441. The van der Waals surface area contributed by atoms with E-state index >= 15 is 0 Å². The molecule has 0 fully saturated rings. The Kier molecular flexibility index (Phi) is 6.66. The van der Waals surface area contributed by atoms with Crippen LogP contribution in [-0.2, 0) is 20.1 Å². The van der Waals surface area contributed by atoms with Crippen LogP contribution in [0.25, 0.3) is 0 Å². The lowest BCUT2D eigenvalue weighted by molar-refractivity contribution is 0.0691. The molecule has 0 aliphatic heterocycles. The number of aromatic carboxylic acids is 1. The number of aromatic nitrogens is 2. The van der Waals surface area contributed by atoms with Crippen LogP contribution in [0.15, 0.2) is 54.7 Å². The summed E-state index contributed by atoms with van der Waals surface area (Å²) >= 11 is 6.12. The van der Waals surface area contributed by atoms with Gasteiger partial charge in [-0.3, -0.25) is 0 Å². The predicted octanol–water partition coefficient (Wildman–Crippen LogP) is 4.36. The Morgan fingerprint density at radius 1 is 1.23 bits per heavy atom. The molecule has 0 saturated heterocycles. The zero-order valence-electron chi connectivity index (χ0n) is 14.1. The van der Waals surface area contributed by atoms with Crippen molar-refractivity contribution in [3.05, 3.63) is 82.4 Å². The predicted molar refractivity (Wildman–Crippen MR) is 102 cm³/mol. The van der Waals surface area contributed by atoms with Crippen LogP contribution in [0.3, 0.4) is 0 Å². The lowest BCUT2D eigenvalue weighted by Crippen LogP contribution is -2.03. The monoisotopic (exact) mass is 392 g/mol. The molecule has 0 atom stereocenters. The van der Waals surface area contributed by atoms with Crippen molar-refractivity contribution in [2.75, 3.05) is 0 Å². The first-order valence-electron chi connectivity index (χ1n) is 7.73. The summed E-state index contributed by atoms with van der Waals surface area (Å²) < 4.78 is 7.63. The van der Waals surface area contributed by atoms with Crippen LogP contribution in [0.2, 0.25) is 5.02 Å². The van der Waals surface area contributed by atoms with E-state index in [0.29, 0.717) is 29.6 Å². The average molecular weight is 393 g/mol. The number of benzene rings is 2. The molecule has 3 aromatic rings. The molecule has 0 spiro atoms. The number of hydrogen-bond acceptors (Lipinski definition) is 3. The van der Waals surface area contributed by atoms with Crippen LogP contribution in [-0.4, -0.2) is 20.6 Å². The minimum absolute atomic E-state index is 0. The number of carbonyl (C=O) groups is 1. The highest BCUT2D eigenvalue weighted by atomic mass is 35.5. The molecule has 0 saturated carbocycles. The standard InChI is InChI=1S/C19H17ClN2O3.ClH/c1-22-11-16(19(23)24)21-18(22)10-14-9-15(20)7-8-17(14)25-12-13-5-3-2-4-6-13;/h2-9,11H,10,12H2,1H3,(H,23,24);1H. The molecule has 1 N–H and O–H groups in total. The topological polar surface area (TPSA) is 64.4 Å². The molecule has 0 amide bonds. The van der Waals surface area contributed by atoms with Crippen molar-refractivity contribution in [2.45, 2.75) is 13.0 Å². The van der Waals surface area contributed by atoms with E-state index in [1.165, 1.54) is 6.20 Å². The smallest absolute Gasteiger partial charge is 0.356 e. The maximum atomic E-state index is 11.1. The molecule has 26 heavy (non-hydrogen) atoms. The summed E-state index contributed by atoms with van der Waals surface area (Å²) in [7, 11) is 1.77. The molecule has 1 aromatic heterocycles. The molecule has 0 unspecified atom stereocenters. The molecule has 0 aliphatic rings. The van der Waals surface area contributed by atoms with Gasteiger partial charge in [0.1, 0.15) is 18.2 Å². The fraction of sp³-hybridized carbons (Fsp3) is 0.158. The van der Waals surface area contributed by atoms with Gasteiger partial charge < -0.3 is 14.4 Å². The molecule has 0 radical (unpaired) electrons. The number of carboxylic acid groups (broad SMARTS) is 1. The van der Waals surface area contributed by atoms with Gasteiger partial charge in [-0.1, -0.05) is 41.9 Å². The van der Waals surface area contributed by atoms with Gasteiger partial charge in [0.15, 0.2) is 5.69 Å². The van der Waals surface area contributed by atoms with Crippen molar-refractivity contribution in [1.29, 1.82) is 0 Å². The van der Waals surface area contributed by atoms with E-state index < -0.39 is 5.97 Å². The molecule has 7 heteroatoms. The fourth-order valence-corrected chi connectivity index (χ4v) is 2.70. The van der Waals surface area contributed by atoms with Crippen LogP contribution in [0.1, 0.15) is 27.4 Å². The highest BCUT2D eigenvalue weighted by molar-refractivity contribution is 6.30. The SMILES string of the molecule is Cl.Cn1cc(C(=O)O)nc1Cc1cc(Cl)ccc1OCc1ccccc1. The highest BCUT2D eigenvalue weighted by Crippen LogP contribution is 2.26. The molecule has 0 bridgehead atoms. The fourth-order valence-electron chi connectivity index (χ4n) is 2.50. The number of nitrogens with zero attached hydrogens (tertiary/aromatic N) is 2. The Morgan fingerprint density at radius 2 is 1.96 bits per heavy atom. The number of carboxylic acids is 1. The quantitative estimate of drug-likeness (QED) is 0.676. The summed E-state index contributed by atoms with van der Waals surface area (Å²) in [5.41, 5.74) is 1.94. The van der Waals surface area contributed by atoms with Gasteiger partial charge in [0.25, 0.3) is 0 Å². The maximum Gasteiger partial charge on any atom is 0.356 e. The van der Waals surface area contributed by atoms with Crippen molar-refractivity contribution < 1.29 is 14.6 Å². The van der Waals surface area contributed by atoms with Gasteiger partial charge in [-0.25, -0.2) is 9.78 Å². The third-order valence-electron chi connectivity index (χ3n) is 3.80.